The van der Waals surface area contributed by atoms with E-state index in [1.807, 2.05) is 0 Å². The lowest BCUT2D eigenvalue weighted by Crippen LogP contribution is -2.15. The Kier molecular flexibility index (Phi) is 8.79. The molecule has 3 nitrogen and oxygen atoms in total. The van der Waals surface area contributed by atoms with Gasteiger partial charge >= 0.3 is 0 Å². The lowest BCUT2D eigenvalue weighted by Gasteiger charge is -2.21. The molecule has 278 valence electrons. The minimum atomic E-state index is -0.140. The van der Waals surface area contributed by atoms with Crippen LogP contribution in [-0.4, -0.2) is 16.1 Å². The third kappa shape index (κ3) is 6.17. The van der Waals surface area contributed by atoms with Crippen molar-refractivity contribution in [2.45, 2.75) is 32.7 Å². The van der Waals surface area contributed by atoms with Gasteiger partial charge in [-0.1, -0.05) is 159 Å². The number of hydrogen-bond acceptors (Lipinski definition) is 1. The summed E-state index contributed by atoms with van der Waals surface area (Å²) in [7, 11) is 0. The van der Waals surface area contributed by atoms with Gasteiger partial charge in [0.05, 0.1) is 17.6 Å². The standard InChI is InChI=1S/C55H43N3/c1-37(41-30-31-52-48(35-41)45-24-14-16-29-51(45)58(52)44-22-11-6-12-23-44)57-54(47-26-17-28-50-53(47)46-25-13-15-27-49(46)55(50,2)3)56-36-38-32-42(39-18-7-4-8-19-39)34-43(33-38)40-20-9-5-10-21-40/h4-35H,36H2,1-3H3. The zero-order valence-electron chi connectivity index (χ0n) is 33.0. The lowest BCUT2D eigenvalue weighted by molar-refractivity contribution is 0.660. The average molecular weight is 746 g/mol. The zero-order valence-corrected chi connectivity index (χ0v) is 33.0. The molecule has 0 N–H and O–H groups in total. The maximum absolute atomic E-state index is 5.50. The number of aromatic nitrogens is 1. The third-order valence-electron chi connectivity index (χ3n) is 11.8. The average Bonchev–Trinajstić information content (AvgIpc) is 3.74. The van der Waals surface area contributed by atoms with E-state index in [1.54, 1.807) is 0 Å². The molecule has 0 radical (unpaired) electrons. The fourth-order valence-corrected chi connectivity index (χ4v) is 8.94. The van der Waals surface area contributed by atoms with Crippen molar-refractivity contribution < 1.29 is 0 Å². The Balaban J connectivity index is 1.14. The number of fused-ring (bicyclic) bond motifs is 6. The molecule has 58 heavy (non-hydrogen) atoms. The molecule has 1 heterocycles. The van der Waals surface area contributed by atoms with Gasteiger partial charge in [0.2, 0.25) is 0 Å². The molecule has 0 amide bonds. The van der Waals surface area contributed by atoms with Crippen molar-refractivity contribution in [2.24, 2.45) is 9.98 Å². The Labute approximate surface area is 340 Å². The van der Waals surface area contributed by atoms with Crippen LogP contribution >= 0.6 is 0 Å². The van der Waals surface area contributed by atoms with E-state index < -0.39 is 0 Å². The van der Waals surface area contributed by atoms with Gasteiger partial charge in [-0.05, 0) is 111 Å². The summed E-state index contributed by atoms with van der Waals surface area (Å²) in [6, 6.07) is 69.6. The highest BCUT2D eigenvalue weighted by Crippen LogP contribution is 2.50. The van der Waals surface area contributed by atoms with E-state index >= 15 is 0 Å². The fourth-order valence-electron chi connectivity index (χ4n) is 8.94. The fraction of sp³-hybridized carbons (Fsp3) is 0.0909. The maximum atomic E-state index is 5.50. The molecule has 0 aliphatic heterocycles. The van der Waals surface area contributed by atoms with Gasteiger partial charge in [-0.2, -0.15) is 0 Å². The van der Waals surface area contributed by atoms with Crippen LogP contribution in [0.3, 0.4) is 0 Å². The van der Waals surface area contributed by atoms with Gasteiger partial charge in [0.25, 0.3) is 0 Å². The van der Waals surface area contributed by atoms with E-state index in [0.717, 1.165) is 33.9 Å². The van der Waals surface area contributed by atoms with Crippen molar-refractivity contribution >= 4 is 33.4 Å². The minimum Gasteiger partial charge on any atom is -0.309 e. The molecule has 1 aromatic heterocycles. The third-order valence-corrected chi connectivity index (χ3v) is 11.8. The maximum Gasteiger partial charge on any atom is 0.155 e. The molecule has 0 saturated carbocycles. The zero-order chi connectivity index (χ0) is 39.2. The molecule has 1 aliphatic rings. The van der Waals surface area contributed by atoms with Crippen molar-refractivity contribution in [3.63, 3.8) is 0 Å². The van der Waals surface area contributed by atoms with E-state index in [4.69, 9.17) is 9.98 Å². The molecule has 9 aromatic rings. The van der Waals surface area contributed by atoms with E-state index in [1.165, 1.54) is 66.3 Å². The number of para-hydroxylation sites is 2. The van der Waals surface area contributed by atoms with Crippen molar-refractivity contribution in [3.05, 3.63) is 222 Å². The van der Waals surface area contributed by atoms with Gasteiger partial charge < -0.3 is 4.57 Å². The van der Waals surface area contributed by atoms with E-state index in [0.29, 0.717) is 6.54 Å². The Bertz CT molecular complexity index is 2980. The molecule has 0 atom stereocenters. The van der Waals surface area contributed by atoms with E-state index in [2.05, 4.69) is 219 Å². The predicted octanol–water partition coefficient (Wildman–Crippen LogP) is 13.9. The highest BCUT2D eigenvalue weighted by molar-refractivity contribution is 6.17. The summed E-state index contributed by atoms with van der Waals surface area (Å²) in [6.45, 7) is 7.25. The smallest absolute Gasteiger partial charge is 0.155 e. The summed E-state index contributed by atoms with van der Waals surface area (Å²) in [4.78, 5) is 11.0. The highest BCUT2D eigenvalue weighted by atomic mass is 15.0. The Hall–Kier alpha value is -7.10. The van der Waals surface area contributed by atoms with Gasteiger partial charge in [0.1, 0.15) is 0 Å². The predicted molar refractivity (Wildman–Crippen MR) is 245 cm³/mol. The molecule has 0 saturated heterocycles. The molecule has 3 heteroatoms. The number of rotatable bonds is 7. The first-order valence-electron chi connectivity index (χ1n) is 20.1. The summed E-state index contributed by atoms with van der Waals surface area (Å²) < 4.78 is 2.35. The Morgan fingerprint density at radius 1 is 0.517 bits per heavy atom. The topological polar surface area (TPSA) is 29.6 Å². The van der Waals surface area contributed by atoms with Crippen molar-refractivity contribution in [1.29, 1.82) is 0 Å². The molecule has 0 unspecified atom stereocenters. The molecule has 0 spiro atoms. The largest absolute Gasteiger partial charge is 0.309 e. The number of nitrogens with zero attached hydrogens (tertiary/aromatic N) is 3. The van der Waals surface area contributed by atoms with Crippen LogP contribution in [0.4, 0.5) is 0 Å². The molecule has 1 aliphatic carbocycles. The number of amidine groups is 1. The van der Waals surface area contributed by atoms with Crippen LogP contribution < -0.4 is 0 Å². The Morgan fingerprint density at radius 3 is 1.84 bits per heavy atom. The number of aliphatic imine (C=N–C) groups is 2. The van der Waals surface area contributed by atoms with Crippen molar-refractivity contribution in [2.75, 3.05) is 0 Å². The monoisotopic (exact) mass is 745 g/mol. The first-order chi connectivity index (χ1) is 28.4. The highest BCUT2D eigenvalue weighted by Gasteiger charge is 2.37. The van der Waals surface area contributed by atoms with Gasteiger partial charge in [0, 0.05) is 33.1 Å². The van der Waals surface area contributed by atoms with Crippen molar-refractivity contribution in [1.82, 2.24) is 4.57 Å². The SMILES string of the molecule is CC(=NC(=NCc1cc(-c2ccccc2)cc(-c2ccccc2)c1)c1cccc2c1-c1ccccc1C2(C)C)c1ccc2c(c1)c1ccccc1n2-c1ccccc1. The van der Waals surface area contributed by atoms with Crippen LogP contribution in [-0.2, 0) is 12.0 Å². The van der Waals surface area contributed by atoms with E-state index in [-0.39, 0.29) is 5.41 Å². The molecule has 0 fully saturated rings. The molecule has 10 rings (SSSR count). The second kappa shape index (κ2) is 14.4. The van der Waals surface area contributed by atoms with Crippen molar-refractivity contribution in [3.8, 4) is 39.1 Å². The first kappa shape index (κ1) is 35.3. The summed E-state index contributed by atoms with van der Waals surface area (Å²) in [5.41, 5.74) is 17.4. The minimum absolute atomic E-state index is 0.140. The quantitative estimate of drug-likeness (QED) is 0.115. The Morgan fingerprint density at radius 2 is 1.12 bits per heavy atom. The molecular weight excluding hydrogens is 703 g/mol. The van der Waals surface area contributed by atoms with Crippen LogP contribution in [0.15, 0.2) is 204 Å². The van der Waals surface area contributed by atoms with Gasteiger partial charge in [-0.15, -0.1) is 0 Å². The second-order valence-electron chi connectivity index (χ2n) is 15.8. The summed E-state index contributed by atoms with van der Waals surface area (Å²) in [5.74, 6) is 0.736. The number of hydrogen-bond donors (Lipinski definition) is 0. The molecule has 0 bridgehead atoms. The van der Waals surface area contributed by atoms with Crippen LogP contribution in [0.1, 0.15) is 48.6 Å². The van der Waals surface area contributed by atoms with Gasteiger partial charge in [0.15, 0.2) is 5.84 Å². The molecule has 8 aromatic carbocycles. The second-order valence-corrected chi connectivity index (χ2v) is 15.8. The van der Waals surface area contributed by atoms with Crippen LogP contribution in [0, 0.1) is 0 Å². The van der Waals surface area contributed by atoms with Gasteiger partial charge in [-0.3, -0.25) is 4.99 Å². The van der Waals surface area contributed by atoms with E-state index in [9.17, 15) is 0 Å². The first-order valence-corrected chi connectivity index (χ1v) is 20.1. The normalized spacial score (nSPS) is 13.5. The van der Waals surface area contributed by atoms with Crippen LogP contribution in [0.2, 0.25) is 0 Å². The van der Waals surface area contributed by atoms with Gasteiger partial charge in [-0.25, -0.2) is 4.99 Å². The summed E-state index contributed by atoms with van der Waals surface area (Å²) in [6.07, 6.45) is 0. The number of benzene rings is 8. The van der Waals surface area contributed by atoms with Crippen LogP contribution in [0.25, 0.3) is 60.9 Å². The summed E-state index contributed by atoms with van der Waals surface area (Å²) in [5, 5.41) is 2.42. The molecular formula is C55H43N3. The lowest BCUT2D eigenvalue weighted by atomic mass is 9.82. The van der Waals surface area contributed by atoms with Crippen LogP contribution in [0.5, 0.6) is 0 Å². The summed E-state index contributed by atoms with van der Waals surface area (Å²) >= 11 is 0.